The number of benzene rings is 1. The van der Waals surface area contributed by atoms with Gasteiger partial charge >= 0.3 is 0 Å². The van der Waals surface area contributed by atoms with Gasteiger partial charge in [0.1, 0.15) is 0 Å². The van der Waals surface area contributed by atoms with Crippen LogP contribution in [0.2, 0.25) is 0 Å². The first-order chi connectivity index (χ1) is 8.31. The Labute approximate surface area is 108 Å². The SMILES string of the molecule is CSC1(CNCc2ccc(C3CC3)cc2)CC1. The molecule has 1 aromatic carbocycles. The maximum atomic E-state index is 3.60. The first kappa shape index (κ1) is 11.6. The summed E-state index contributed by atoms with van der Waals surface area (Å²) in [5.41, 5.74) is 2.96. The highest BCUT2D eigenvalue weighted by Gasteiger charge is 2.41. The van der Waals surface area contributed by atoms with Gasteiger partial charge < -0.3 is 5.32 Å². The molecule has 1 aromatic rings. The molecule has 0 unspecified atom stereocenters. The van der Waals surface area contributed by atoms with Crippen LogP contribution in [0.4, 0.5) is 0 Å². The fourth-order valence-electron chi connectivity index (χ4n) is 2.35. The summed E-state index contributed by atoms with van der Waals surface area (Å²) in [4.78, 5) is 0. The molecule has 92 valence electrons. The molecule has 0 aliphatic heterocycles. The van der Waals surface area contributed by atoms with Crippen LogP contribution in [0.3, 0.4) is 0 Å². The number of nitrogens with one attached hydrogen (secondary N) is 1. The quantitative estimate of drug-likeness (QED) is 0.825. The second kappa shape index (κ2) is 4.66. The summed E-state index contributed by atoms with van der Waals surface area (Å²) in [5.74, 6) is 0.878. The highest BCUT2D eigenvalue weighted by atomic mass is 32.2. The molecule has 2 aliphatic rings. The first-order valence-corrected chi connectivity index (χ1v) is 7.88. The first-order valence-electron chi connectivity index (χ1n) is 6.66. The molecule has 17 heavy (non-hydrogen) atoms. The van der Waals surface area contributed by atoms with E-state index >= 15 is 0 Å². The molecule has 2 aliphatic carbocycles. The van der Waals surface area contributed by atoms with E-state index in [1.54, 1.807) is 0 Å². The van der Waals surface area contributed by atoms with Crippen molar-refractivity contribution in [2.45, 2.75) is 42.9 Å². The van der Waals surface area contributed by atoms with Gasteiger partial charge in [0.15, 0.2) is 0 Å². The molecule has 0 radical (unpaired) electrons. The topological polar surface area (TPSA) is 12.0 Å². The van der Waals surface area contributed by atoms with Crippen molar-refractivity contribution in [3.63, 3.8) is 0 Å². The van der Waals surface area contributed by atoms with Crippen LogP contribution in [0.5, 0.6) is 0 Å². The van der Waals surface area contributed by atoms with Crippen molar-refractivity contribution in [1.29, 1.82) is 0 Å². The summed E-state index contributed by atoms with van der Waals surface area (Å²) in [7, 11) is 0. The van der Waals surface area contributed by atoms with Crippen LogP contribution in [0, 0.1) is 0 Å². The van der Waals surface area contributed by atoms with Crippen LogP contribution in [0.15, 0.2) is 24.3 Å². The van der Waals surface area contributed by atoms with Crippen LogP contribution in [-0.2, 0) is 6.54 Å². The molecule has 2 fully saturated rings. The van der Waals surface area contributed by atoms with Gasteiger partial charge in [-0.2, -0.15) is 11.8 Å². The van der Waals surface area contributed by atoms with E-state index in [4.69, 9.17) is 0 Å². The summed E-state index contributed by atoms with van der Waals surface area (Å²) in [6.45, 7) is 2.19. The third-order valence-corrected chi connectivity index (χ3v) is 5.46. The van der Waals surface area contributed by atoms with Crippen molar-refractivity contribution in [1.82, 2.24) is 5.32 Å². The van der Waals surface area contributed by atoms with E-state index in [1.165, 1.54) is 43.4 Å². The maximum absolute atomic E-state index is 3.60. The summed E-state index contributed by atoms with van der Waals surface area (Å²) < 4.78 is 0.577. The molecule has 1 nitrogen and oxygen atoms in total. The van der Waals surface area contributed by atoms with Crippen LogP contribution < -0.4 is 5.32 Å². The summed E-state index contributed by atoms with van der Waals surface area (Å²) in [6, 6.07) is 9.21. The van der Waals surface area contributed by atoms with Crippen molar-refractivity contribution in [3.8, 4) is 0 Å². The van der Waals surface area contributed by atoms with Gasteiger partial charge in [-0.25, -0.2) is 0 Å². The predicted octanol–water partition coefficient (Wildman–Crippen LogP) is 3.55. The van der Waals surface area contributed by atoms with Crippen molar-refractivity contribution >= 4 is 11.8 Å². The molecule has 0 aromatic heterocycles. The Morgan fingerprint density at radius 2 is 1.94 bits per heavy atom. The minimum atomic E-state index is 0.577. The van der Waals surface area contributed by atoms with E-state index in [9.17, 15) is 0 Å². The van der Waals surface area contributed by atoms with Crippen molar-refractivity contribution in [2.75, 3.05) is 12.8 Å². The third-order valence-electron chi connectivity index (χ3n) is 4.05. The molecule has 0 saturated heterocycles. The number of thioether (sulfide) groups is 1. The van der Waals surface area contributed by atoms with Crippen molar-refractivity contribution < 1.29 is 0 Å². The lowest BCUT2D eigenvalue weighted by Crippen LogP contribution is -2.25. The summed E-state index contributed by atoms with van der Waals surface area (Å²) >= 11 is 2.03. The normalized spacial score (nSPS) is 21.5. The number of hydrogen-bond donors (Lipinski definition) is 1. The Morgan fingerprint density at radius 1 is 1.24 bits per heavy atom. The lowest BCUT2D eigenvalue weighted by Gasteiger charge is -2.13. The second-order valence-corrected chi connectivity index (χ2v) is 6.78. The van der Waals surface area contributed by atoms with E-state index in [0.717, 1.165) is 12.5 Å². The largest absolute Gasteiger partial charge is 0.311 e. The lowest BCUT2D eigenvalue weighted by atomic mass is 10.1. The highest BCUT2D eigenvalue weighted by Crippen LogP contribution is 2.46. The zero-order chi connectivity index (χ0) is 11.7. The Morgan fingerprint density at radius 3 is 2.47 bits per heavy atom. The van der Waals surface area contributed by atoms with Gasteiger partial charge in [0.2, 0.25) is 0 Å². The average molecular weight is 247 g/mol. The Kier molecular flexibility index (Phi) is 3.18. The Balaban J connectivity index is 1.47. The number of hydrogen-bond acceptors (Lipinski definition) is 2. The molecular weight excluding hydrogens is 226 g/mol. The van der Waals surface area contributed by atoms with Crippen LogP contribution in [0.1, 0.15) is 42.7 Å². The van der Waals surface area contributed by atoms with Crippen LogP contribution >= 0.6 is 11.8 Å². The van der Waals surface area contributed by atoms with E-state index in [1.807, 2.05) is 11.8 Å². The van der Waals surface area contributed by atoms with Crippen molar-refractivity contribution in [2.24, 2.45) is 0 Å². The average Bonchev–Trinajstić information content (AvgIpc) is 3.25. The minimum absolute atomic E-state index is 0.577. The lowest BCUT2D eigenvalue weighted by molar-refractivity contribution is 0.663. The highest BCUT2D eigenvalue weighted by molar-refractivity contribution is 8.00. The monoisotopic (exact) mass is 247 g/mol. The van der Waals surface area contributed by atoms with E-state index in [-0.39, 0.29) is 0 Å². The standard InChI is InChI=1S/C15H21NS/c1-17-15(8-9-15)11-16-10-12-2-4-13(5-3-12)14-6-7-14/h2-5,14,16H,6-11H2,1H3. The Bertz CT molecular complexity index is 376. The number of rotatable bonds is 6. The van der Waals surface area contributed by atoms with Gasteiger partial charge in [0, 0.05) is 17.8 Å². The van der Waals surface area contributed by atoms with Gasteiger partial charge in [-0.1, -0.05) is 24.3 Å². The molecule has 2 saturated carbocycles. The molecule has 2 heteroatoms. The summed E-state index contributed by atoms with van der Waals surface area (Å²) in [6.07, 6.45) is 7.81. The van der Waals surface area contributed by atoms with Gasteiger partial charge in [0.05, 0.1) is 0 Å². The van der Waals surface area contributed by atoms with Gasteiger partial charge in [-0.3, -0.25) is 0 Å². The molecule has 0 spiro atoms. The Hall–Kier alpha value is -0.470. The predicted molar refractivity (Wildman–Crippen MR) is 75.6 cm³/mol. The van der Waals surface area contributed by atoms with E-state index in [2.05, 4.69) is 35.8 Å². The maximum Gasteiger partial charge on any atom is 0.0282 e. The fraction of sp³-hybridized carbons (Fsp3) is 0.600. The third kappa shape index (κ3) is 2.86. The van der Waals surface area contributed by atoms with Crippen LogP contribution in [-0.4, -0.2) is 17.5 Å². The molecule has 0 bridgehead atoms. The smallest absolute Gasteiger partial charge is 0.0282 e. The van der Waals surface area contributed by atoms with Crippen molar-refractivity contribution in [3.05, 3.63) is 35.4 Å². The molecule has 0 atom stereocenters. The van der Waals surface area contributed by atoms with E-state index < -0.39 is 0 Å². The molecular formula is C15H21NS. The van der Waals surface area contributed by atoms with Gasteiger partial charge in [0.25, 0.3) is 0 Å². The van der Waals surface area contributed by atoms with Gasteiger partial charge in [-0.15, -0.1) is 0 Å². The van der Waals surface area contributed by atoms with Gasteiger partial charge in [-0.05, 0) is 49.0 Å². The molecule has 3 rings (SSSR count). The fourth-order valence-corrected chi connectivity index (χ4v) is 3.11. The molecule has 1 N–H and O–H groups in total. The molecule has 0 amide bonds. The molecule has 0 heterocycles. The van der Waals surface area contributed by atoms with E-state index in [0.29, 0.717) is 4.75 Å². The zero-order valence-electron chi connectivity index (χ0n) is 10.5. The van der Waals surface area contributed by atoms with Crippen LogP contribution in [0.25, 0.3) is 0 Å². The minimum Gasteiger partial charge on any atom is -0.311 e. The zero-order valence-corrected chi connectivity index (χ0v) is 11.4. The second-order valence-electron chi connectivity index (χ2n) is 5.51. The summed E-state index contributed by atoms with van der Waals surface area (Å²) in [5, 5.41) is 3.60.